The van der Waals surface area contributed by atoms with Gasteiger partial charge in [0.05, 0.1) is 23.0 Å². The van der Waals surface area contributed by atoms with E-state index in [1.807, 2.05) is 38.1 Å². The molecule has 0 fully saturated rings. The molecule has 0 heterocycles. The minimum absolute atomic E-state index is 0.161. The van der Waals surface area contributed by atoms with Crippen molar-refractivity contribution in [3.8, 4) is 0 Å². The number of aliphatic hydroxyl groups is 1. The number of carbonyl (C=O) groups is 1. The summed E-state index contributed by atoms with van der Waals surface area (Å²) in [5.41, 5.74) is 2.70. The number of esters is 1. The Kier molecular flexibility index (Phi) is 6.95. The maximum atomic E-state index is 13.0. The molecule has 0 saturated carbocycles. The summed E-state index contributed by atoms with van der Waals surface area (Å²) in [4.78, 5) is 12.8. The molecule has 162 valence electrons. The van der Waals surface area contributed by atoms with Crippen LogP contribution in [0.2, 0.25) is 0 Å². The summed E-state index contributed by atoms with van der Waals surface area (Å²) < 4.78 is 34.4. The van der Waals surface area contributed by atoms with Crippen LogP contribution in [0.4, 0.5) is 0 Å². The van der Waals surface area contributed by atoms with Crippen molar-refractivity contribution in [2.75, 3.05) is 0 Å². The topological polar surface area (TPSA) is 92.7 Å². The number of nitrogens with one attached hydrogen (secondary N) is 1. The largest absolute Gasteiger partial charge is 0.460 e. The lowest BCUT2D eigenvalue weighted by Crippen LogP contribution is -2.38. The van der Waals surface area contributed by atoms with E-state index in [4.69, 9.17) is 4.74 Å². The molecule has 0 bridgehead atoms. The molecule has 0 unspecified atom stereocenters. The first-order chi connectivity index (χ1) is 14.2. The predicted molar refractivity (Wildman–Crippen MR) is 114 cm³/mol. The van der Waals surface area contributed by atoms with E-state index in [1.165, 1.54) is 0 Å². The van der Waals surface area contributed by atoms with Gasteiger partial charge >= 0.3 is 5.97 Å². The fourth-order valence-corrected chi connectivity index (χ4v) is 4.96. The second-order valence-electron chi connectivity index (χ2n) is 7.93. The molecule has 2 aromatic carbocycles. The van der Waals surface area contributed by atoms with Gasteiger partial charge in [-0.1, -0.05) is 55.3 Å². The fraction of sp³-hybridized carbons (Fsp3) is 0.435. The van der Waals surface area contributed by atoms with Gasteiger partial charge in [0.1, 0.15) is 6.10 Å². The average Bonchev–Trinajstić information content (AvgIpc) is 3.04. The van der Waals surface area contributed by atoms with Crippen LogP contribution in [0.3, 0.4) is 0 Å². The summed E-state index contributed by atoms with van der Waals surface area (Å²) in [5, 5.41) is 10.1. The van der Waals surface area contributed by atoms with Crippen molar-refractivity contribution in [2.24, 2.45) is 5.92 Å². The van der Waals surface area contributed by atoms with Crippen molar-refractivity contribution < 1.29 is 23.1 Å². The van der Waals surface area contributed by atoms with Crippen molar-refractivity contribution in [1.82, 2.24) is 4.72 Å². The molecule has 30 heavy (non-hydrogen) atoms. The van der Waals surface area contributed by atoms with E-state index >= 15 is 0 Å². The standard InChI is InChI=1S/C23H29NO5S/c1-4-7-20(25)16(3)23(26)29-21-14-17-8-5-6-9-19(17)22(21)24-30(27,28)18-12-10-15(2)11-13-18/h5-6,8-13,16,20-22,24-25H,4,7,14H2,1-3H3/t16-,20+,21+,22-/m1/s1. The zero-order chi connectivity index (χ0) is 21.9. The van der Waals surface area contributed by atoms with Crippen LogP contribution in [0.1, 0.15) is 49.4 Å². The Labute approximate surface area is 178 Å². The Hall–Kier alpha value is -2.22. The third-order valence-electron chi connectivity index (χ3n) is 5.60. The first kappa shape index (κ1) is 22.5. The van der Waals surface area contributed by atoms with E-state index in [0.717, 1.165) is 23.1 Å². The second-order valence-corrected chi connectivity index (χ2v) is 9.65. The molecule has 0 aromatic heterocycles. The highest BCUT2D eigenvalue weighted by atomic mass is 32.2. The van der Waals surface area contributed by atoms with E-state index in [2.05, 4.69) is 4.72 Å². The monoisotopic (exact) mass is 431 g/mol. The van der Waals surface area contributed by atoms with Crippen molar-refractivity contribution >= 4 is 16.0 Å². The number of aryl methyl sites for hydroxylation is 1. The Bertz CT molecular complexity index is 987. The smallest absolute Gasteiger partial charge is 0.311 e. The lowest BCUT2D eigenvalue weighted by molar-refractivity contribution is -0.158. The number of rotatable bonds is 8. The molecule has 2 N–H and O–H groups in total. The number of aliphatic hydroxyl groups excluding tert-OH is 1. The average molecular weight is 432 g/mol. The number of hydrogen-bond donors (Lipinski definition) is 2. The maximum Gasteiger partial charge on any atom is 0.311 e. The van der Waals surface area contributed by atoms with E-state index < -0.39 is 40.2 Å². The fourth-order valence-electron chi connectivity index (χ4n) is 3.72. The van der Waals surface area contributed by atoms with Crippen molar-refractivity contribution in [1.29, 1.82) is 0 Å². The lowest BCUT2D eigenvalue weighted by atomic mass is 10.0. The summed E-state index contributed by atoms with van der Waals surface area (Å²) in [6.07, 6.45) is 0.219. The minimum Gasteiger partial charge on any atom is -0.460 e. The second kappa shape index (κ2) is 9.29. The molecule has 1 aliphatic carbocycles. The highest BCUT2D eigenvalue weighted by Gasteiger charge is 2.39. The first-order valence-electron chi connectivity index (χ1n) is 10.3. The van der Waals surface area contributed by atoms with Crippen LogP contribution >= 0.6 is 0 Å². The van der Waals surface area contributed by atoms with Gasteiger partial charge in [0, 0.05) is 6.42 Å². The third kappa shape index (κ3) is 4.91. The molecule has 0 saturated heterocycles. The summed E-state index contributed by atoms with van der Waals surface area (Å²) in [6, 6.07) is 13.4. The highest BCUT2D eigenvalue weighted by molar-refractivity contribution is 7.89. The quantitative estimate of drug-likeness (QED) is 0.626. The molecule has 0 radical (unpaired) electrons. The summed E-state index contributed by atoms with van der Waals surface area (Å²) >= 11 is 0. The first-order valence-corrected chi connectivity index (χ1v) is 11.8. The van der Waals surface area contributed by atoms with Crippen LogP contribution in [-0.2, 0) is 26.0 Å². The van der Waals surface area contributed by atoms with Crippen LogP contribution in [0.15, 0.2) is 53.4 Å². The highest BCUT2D eigenvalue weighted by Crippen LogP contribution is 2.35. The van der Waals surface area contributed by atoms with E-state index in [-0.39, 0.29) is 4.90 Å². The van der Waals surface area contributed by atoms with Crippen LogP contribution < -0.4 is 4.72 Å². The molecular formula is C23H29NO5S. The Balaban J connectivity index is 1.83. The van der Waals surface area contributed by atoms with Crippen LogP contribution in [-0.4, -0.2) is 31.7 Å². The van der Waals surface area contributed by atoms with Gasteiger partial charge in [-0.05, 0) is 43.5 Å². The van der Waals surface area contributed by atoms with E-state index in [1.54, 1.807) is 31.2 Å². The number of sulfonamides is 1. The molecule has 0 amide bonds. The van der Waals surface area contributed by atoms with Gasteiger partial charge in [0.25, 0.3) is 0 Å². The number of hydrogen-bond acceptors (Lipinski definition) is 5. The normalized spacial score (nSPS) is 20.4. The van der Waals surface area contributed by atoms with Crippen molar-refractivity contribution in [2.45, 2.75) is 63.2 Å². The molecule has 1 aliphatic rings. The molecule has 6 nitrogen and oxygen atoms in total. The Morgan fingerprint density at radius 2 is 1.87 bits per heavy atom. The summed E-state index contributed by atoms with van der Waals surface area (Å²) in [5.74, 6) is -1.20. The van der Waals surface area contributed by atoms with E-state index in [0.29, 0.717) is 12.8 Å². The number of ether oxygens (including phenoxy) is 1. The molecule has 3 rings (SSSR count). The van der Waals surface area contributed by atoms with Crippen LogP contribution in [0.5, 0.6) is 0 Å². The van der Waals surface area contributed by atoms with Gasteiger partial charge < -0.3 is 9.84 Å². The molecular weight excluding hydrogens is 402 g/mol. The number of benzene rings is 2. The van der Waals surface area contributed by atoms with Gasteiger partial charge in [0.15, 0.2) is 0 Å². The minimum atomic E-state index is -3.81. The molecule has 7 heteroatoms. The molecule has 4 atom stereocenters. The third-order valence-corrected chi connectivity index (χ3v) is 7.05. The van der Waals surface area contributed by atoms with Gasteiger partial charge in [-0.2, -0.15) is 4.72 Å². The molecule has 0 spiro atoms. The van der Waals surface area contributed by atoms with Gasteiger partial charge in [0.2, 0.25) is 10.0 Å². The van der Waals surface area contributed by atoms with Crippen molar-refractivity contribution in [3.05, 3.63) is 65.2 Å². The number of carbonyl (C=O) groups excluding carboxylic acids is 1. The Morgan fingerprint density at radius 1 is 1.20 bits per heavy atom. The summed E-state index contributed by atoms with van der Waals surface area (Å²) in [7, 11) is -3.81. The lowest BCUT2D eigenvalue weighted by Gasteiger charge is -2.25. The zero-order valence-corrected chi connectivity index (χ0v) is 18.4. The van der Waals surface area contributed by atoms with E-state index in [9.17, 15) is 18.3 Å². The Morgan fingerprint density at radius 3 is 2.53 bits per heavy atom. The van der Waals surface area contributed by atoms with Crippen LogP contribution in [0, 0.1) is 12.8 Å². The maximum absolute atomic E-state index is 13.0. The zero-order valence-electron chi connectivity index (χ0n) is 17.5. The summed E-state index contributed by atoms with van der Waals surface area (Å²) in [6.45, 7) is 5.46. The SMILES string of the molecule is CCC[C@H](O)[C@@H](C)C(=O)O[C@H]1Cc2ccccc2[C@H]1NS(=O)(=O)c1ccc(C)cc1. The predicted octanol–water partition coefficient (Wildman–Crippen LogP) is 3.28. The molecule has 2 aromatic rings. The van der Waals surface area contributed by atoms with Gasteiger partial charge in [-0.25, -0.2) is 8.42 Å². The van der Waals surface area contributed by atoms with Gasteiger partial charge in [-0.3, -0.25) is 4.79 Å². The van der Waals surface area contributed by atoms with Gasteiger partial charge in [-0.15, -0.1) is 0 Å². The number of fused-ring (bicyclic) bond motifs is 1. The van der Waals surface area contributed by atoms with Crippen molar-refractivity contribution in [3.63, 3.8) is 0 Å². The molecule has 0 aliphatic heterocycles. The van der Waals surface area contributed by atoms with Crippen LogP contribution in [0.25, 0.3) is 0 Å².